The summed E-state index contributed by atoms with van der Waals surface area (Å²) in [4.78, 5) is 18.5. The van der Waals surface area contributed by atoms with Crippen LogP contribution in [0, 0.1) is 0 Å². The van der Waals surface area contributed by atoms with Crippen LogP contribution in [-0.4, -0.2) is 16.5 Å². The summed E-state index contributed by atoms with van der Waals surface area (Å²) in [5.74, 6) is -1.07. The molecule has 0 spiro atoms. The van der Waals surface area contributed by atoms with Gasteiger partial charge in [0.15, 0.2) is 5.75 Å². The van der Waals surface area contributed by atoms with Gasteiger partial charge in [-0.05, 0) is 17.2 Å². The average molecular weight is 186 g/mol. The number of para-hydroxylation sites is 1. The van der Waals surface area contributed by atoms with Gasteiger partial charge < -0.3 is 4.89 Å². The van der Waals surface area contributed by atoms with E-state index in [1.54, 1.807) is 6.07 Å². The van der Waals surface area contributed by atoms with Gasteiger partial charge in [0, 0.05) is 0 Å². The first-order chi connectivity index (χ1) is 6.29. The fourth-order valence-corrected chi connectivity index (χ4v) is 0.797. The Hall–Kier alpha value is -1.63. The Kier molecular flexibility index (Phi) is 3.21. The van der Waals surface area contributed by atoms with Crippen LogP contribution in [0.2, 0.25) is 0 Å². The van der Waals surface area contributed by atoms with Crippen molar-refractivity contribution in [3.05, 3.63) is 29.8 Å². The normalized spacial score (nSPS) is 9.38. The molecular formula is C7H6O6. The number of hydrogen-bond donors (Lipinski definition) is 2. The van der Waals surface area contributed by atoms with Crippen molar-refractivity contribution in [2.45, 2.75) is 0 Å². The molecule has 0 saturated carbocycles. The van der Waals surface area contributed by atoms with E-state index in [9.17, 15) is 4.79 Å². The summed E-state index contributed by atoms with van der Waals surface area (Å²) in [6.07, 6.45) is 0. The number of hydrogen-bond acceptors (Lipinski definition) is 6. The van der Waals surface area contributed by atoms with Crippen molar-refractivity contribution in [2.75, 3.05) is 0 Å². The number of benzene rings is 1. The van der Waals surface area contributed by atoms with Crippen LogP contribution in [0.25, 0.3) is 0 Å². The SMILES string of the molecule is O=C(OO)c1ccccc1OOO. The van der Waals surface area contributed by atoms with Crippen molar-refractivity contribution in [3.8, 4) is 5.75 Å². The molecule has 0 aliphatic heterocycles. The third-order valence-corrected chi connectivity index (χ3v) is 1.32. The van der Waals surface area contributed by atoms with E-state index in [2.05, 4.69) is 14.8 Å². The van der Waals surface area contributed by atoms with Crippen LogP contribution in [0.4, 0.5) is 0 Å². The maximum Gasteiger partial charge on any atom is 0.376 e. The van der Waals surface area contributed by atoms with Crippen molar-refractivity contribution < 1.29 is 30.1 Å². The highest BCUT2D eigenvalue weighted by atomic mass is 17.5. The largest absolute Gasteiger partial charge is 0.376 e. The fraction of sp³-hybridized carbons (Fsp3) is 0. The molecule has 0 aliphatic carbocycles. The van der Waals surface area contributed by atoms with E-state index >= 15 is 0 Å². The molecule has 0 aliphatic rings. The van der Waals surface area contributed by atoms with Gasteiger partial charge in [-0.1, -0.05) is 12.1 Å². The summed E-state index contributed by atoms with van der Waals surface area (Å²) < 4.78 is 0. The van der Waals surface area contributed by atoms with Gasteiger partial charge in [0.05, 0.1) is 0 Å². The van der Waals surface area contributed by atoms with E-state index in [0.717, 1.165) is 0 Å². The predicted octanol–water partition coefficient (Wildman–Crippen LogP) is 1.10. The first-order valence-electron chi connectivity index (χ1n) is 3.22. The fourth-order valence-electron chi connectivity index (χ4n) is 0.797. The highest BCUT2D eigenvalue weighted by molar-refractivity contribution is 5.91. The Morgan fingerprint density at radius 1 is 1.23 bits per heavy atom. The summed E-state index contributed by atoms with van der Waals surface area (Å²) in [5.41, 5.74) is -0.0703. The minimum Gasteiger partial charge on any atom is -0.308 e. The van der Waals surface area contributed by atoms with Crippen LogP contribution in [0.1, 0.15) is 10.4 Å². The predicted molar refractivity (Wildman–Crippen MR) is 38.8 cm³/mol. The van der Waals surface area contributed by atoms with Crippen molar-refractivity contribution in [2.24, 2.45) is 0 Å². The molecule has 0 saturated heterocycles. The maximum absolute atomic E-state index is 10.8. The highest BCUT2D eigenvalue weighted by Crippen LogP contribution is 2.18. The standard InChI is InChI=1S/C7H6O6/c8-7(11-9)5-3-1-2-4-6(5)12-13-10/h1-4,9-10H. The Morgan fingerprint density at radius 3 is 2.54 bits per heavy atom. The molecule has 70 valence electrons. The van der Waals surface area contributed by atoms with E-state index in [-0.39, 0.29) is 11.3 Å². The zero-order valence-electron chi connectivity index (χ0n) is 6.34. The first kappa shape index (κ1) is 9.46. The molecule has 0 atom stereocenters. The summed E-state index contributed by atoms with van der Waals surface area (Å²) in [6, 6.07) is 5.74. The molecular weight excluding hydrogens is 180 g/mol. The molecule has 6 heteroatoms. The summed E-state index contributed by atoms with van der Waals surface area (Å²) >= 11 is 0. The Morgan fingerprint density at radius 2 is 1.92 bits per heavy atom. The van der Waals surface area contributed by atoms with Gasteiger partial charge in [0.25, 0.3) is 0 Å². The van der Waals surface area contributed by atoms with Crippen molar-refractivity contribution in [1.82, 2.24) is 0 Å². The van der Waals surface area contributed by atoms with Crippen molar-refractivity contribution in [3.63, 3.8) is 0 Å². The average Bonchev–Trinajstić information content (AvgIpc) is 2.18. The molecule has 1 aromatic rings. The van der Waals surface area contributed by atoms with Gasteiger partial charge in [-0.25, -0.2) is 10.1 Å². The van der Waals surface area contributed by atoms with Crippen molar-refractivity contribution >= 4 is 5.97 Å². The Labute approximate surface area is 72.7 Å². The molecule has 1 aromatic carbocycles. The van der Waals surface area contributed by atoms with Gasteiger partial charge >= 0.3 is 5.97 Å². The van der Waals surface area contributed by atoms with Crippen LogP contribution < -0.4 is 4.89 Å². The topological polar surface area (TPSA) is 85.2 Å². The number of rotatable bonds is 3. The zero-order valence-corrected chi connectivity index (χ0v) is 6.34. The summed E-state index contributed by atoms with van der Waals surface area (Å²) in [7, 11) is 0. The first-order valence-corrected chi connectivity index (χ1v) is 3.22. The van der Waals surface area contributed by atoms with Crippen LogP contribution >= 0.6 is 0 Å². The van der Waals surface area contributed by atoms with Gasteiger partial charge in [-0.3, -0.25) is 4.89 Å². The second-order valence-electron chi connectivity index (χ2n) is 2.03. The molecule has 0 radical (unpaired) electrons. The molecule has 0 aromatic heterocycles. The molecule has 0 bridgehead atoms. The third-order valence-electron chi connectivity index (χ3n) is 1.32. The molecule has 2 N–H and O–H groups in total. The molecule has 0 amide bonds. The van der Waals surface area contributed by atoms with Crippen LogP contribution in [-0.2, 0) is 9.93 Å². The molecule has 6 nitrogen and oxygen atoms in total. The van der Waals surface area contributed by atoms with Crippen molar-refractivity contribution in [1.29, 1.82) is 0 Å². The lowest BCUT2D eigenvalue weighted by Gasteiger charge is -2.02. The number of carbonyl (C=O) groups excluding carboxylic acids is 1. The van der Waals surface area contributed by atoms with Crippen LogP contribution in [0.5, 0.6) is 5.75 Å². The Bertz CT molecular complexity index is 297. The van der Waals surface area contributed by atoms with Crippen LogP contribution in [0.15, 0.2) is 24.3 Å². The smallest absolute Gasteiger partial charge is 0.308 e. The van der Waals surface area contributed by atoms with Gasteiger partial charge in [-0.2, -0.15) is 5.26 Å². The monoisotopic (exact) mass is 186 g/mol. The summed E-state index contributed by atoms with van der Waals surface area (Å²) in [6.45, 7) is 0. The van der Waals surface area contributed by atoms with E-state index in [4.69, 9.17) is 10.5 Å². The second kappa shape index (κ2) is 4.41. The lowest BCUT2D eigenvalue weighted by atomic mass is 10.2. The molecule has 1 rings (SSSR count). The molecule has 0 heterocycles. The van der Waals surface area contributed by atoms with E-state index in [0.29, 0.717) is 0 Å². The quantitative estimate of drug-likeness (QED) is 0.543. The van der Waals surface area contributed by atoms with Gasteiger partial charge in [0.1, 0.15) is 5.56 Å². The van der Waals surface area contributed by atoms with E-state index in [1.807, 2.05) is 0 Å². The van der Waals surface area contributed by atoms with Gasteiger partial charge in [-0.15, -0.1) is 0 Å². The van der Waals surface area contributed by atoms with Crippen LogP contribution in [0.3, 0.4) is 0 Å². The lowest BCUT2D eigenvalue weighted by molar-refractivity contribution is -0.439. The lowest BCUT2D eigenvalue weighted by Crippen LogP contribution is -2.05. The number of carbonyl (C=O) groups is 1. The minimum absolute atomic E-state index is 0.0657. The maximum atomic E-state index is 10.8. The van der Waals surface area contributed by atoms with E-state index < -0.39 is 5.97 Å². The molecule has 0 fully saturated rings. The molecule has 0 unspecified atom stereocenters. The van der Waals surface area contributed by atoms with E-state index in [1.165, 1.54) is 18.2 Å². The molecule has 13 heavy (non-hydrogen) atoms. The highest BCUT2D eigenvalue weighted by Gasteiger charge is 2.13. The Balaban J connectivity index is 2.97. The third kappa shape index (κ3) is 2.15. The second-order valence-corrected chi connectivity index (χ2v) is 2.03. The summed E-state index contributed by atoms with van der Waals surface area (Å²) in [5, 5.41) is 19.4. The van der Waals surface area contributed by atoms with Gasteiger partial charge in [0.2, 0.25) is 0 Å². The minimum atomic E-state index is -1.01. The zero-order chi connectivity index (χ0) is 9.68.